The number of rotatable bonds is 8. The van der Waals surface area contributed by atoms with Crippen molar-refractivity contribution in [2.75, 3.05) is 25.1 Å². The number of aromatic nitrogens is 3. The highest BCUT2D eigenvalue weighted by Gasteiger charge is 2.16. The Hall–Kier alpha value is -1.77. The molecule has 0 unspecified atom stereocenters. The summed E-state index contributed by atoms with van der Waals surface area (Å²) in [5.74, 6) is 0.592. The Morgan fingerprint density at radius 3 is 2.95 bits per heavy atom. The van der Waals surface area contributed by atoms with E-state index in [4.69, 9.17) is 9.47 Å². The molecule has 2 N–H and O–H groups in total. The Morgan fingerprint density at radius 2 is 2.27 bits per heavy atom. The van der Waals surface area contributed by atoms with Gasteiger partial charge in [-0.05, 0) is 32.9 Å². The average Bonchev–Trinajstić information content (AvgIpc) is 3.12. The van der Waals surface area contributed by atoms with E-state index in [1.54, 1.807) is 18.3 Å². The van der Waals surface area contributed by atoms with E-state index in [1.807, 2.05) is 26.0 Å². The first-order valence-electron chi connectivity index (χ1n) is 7.09. The zero-order valence-electron chi connectivity index (χ0n) is 12.9. The van der Waals surface area contributed by atoms with Gasteiger partial charge in [-0.3, -0.25) is 15.2 Å². The summed E-state index contributed by atoms with van der Waals surface area (Å²) in [7, 11) is 0. The molecule has 0 aliphatic carbocycles. The normalized spacial score (nSPS) is 12.3. The molecule has 0 fully saturated rings. The summed E-state index contributed by atoms with van der Waals surface area (Å²) >= 11 is 1.61. The number of carbonyl (C=O) groups excluding carboxylic acids is 1. The lowest BCUT2D eigenvalue weighted by Gasteiger charge is -2.11. The summed E-state index contributed by atoms with van der Waals surface area (Å²) in [6.45, 7) is 7.08. The van der Waals surface area contributed by atoms with Gasteiger partial charge in [0, 0.05) is 11.5 Å². The molecule has 120 valence electrons. The molecule has 0 aliphatic rings. The summed E-state index contributed by atoms with van der Waals surface area (Å²) in [6, 6.07) is 3.97. The first-order valence-corrected chi connectivity index (χ1v) is 7.91. The molecule has 1 amide bonds. The number of H-pyrrole nitrogens is 1. The molecule has 7 nitrogen and oxygen atoms in total. The van der Waals surface area contributed by atoms with Crippen molar-refractivity contribution in [3.63, 3.8) is 0 Å². The van der Waals surface area contributed by atoms with Gasteiger partial charge in [0.15, 0.2) is 5.82 Å². The molecule has 2 aromatic heterocycles. The predicted octanol–water partition coefficient (Wildman–Crippen LogP) is 2.22. The number of ether oxygens (including phenoxy) is 2. The largest absolute Gasteiger partial charge is 0.379 e. The highest BCUT2D eigenvalue weighted by atomic mass is 32.1. The number of hydrogen-bond acceptors (Lipinski definition) is 6. The van der Waals surface area contributed by atoms with Gasteiger partial charge in [-0.1, -0.05) is 0 Å². The van der Waals surface area contributed by atoms with Gasteiger partial charge >= 0.3 is 0 Å². The Kier molecular flexibility index (Phi) is 6.05. The van der Waals surface area contributed by atoms with Crippen LogP contribution in [0.4, 0.5) is 5.95 Å². The second-order valence-electron chi connectivity index (χ2n) is 4.62. The van der Waals surface area contributed by atoms with Crippen LogP contribution in [0.15, 0.2) is 12.1 Å². The van der Waals surface area contributed by atoms with Crippen molar-refractivity contribution in [1.82, 2.24) is 15.2 Å². The third-order valence-electron chi connectivity index (χ3n) is 2.86. The molecule has 0 spiro atoms. The fourth-order valence-electron chi connectivity index (χ4n) is 1.71. The van der Waals surface area contributed by atoms with Gasteiger partial charge in [-0.2, -0.15) is 4.98 Å². The zero-order valence-corrected chi connectivity index (χ0v) is 13.7. The molecule has 0 aliphatic heterocycles. The van der Waals surface area contributed by atoms with Crippen LogP contribution in [-0.2, 0) is 14.3 Å². The van der Waals surface area contributed by atoms with Crippen molar-refractivity contribution < 1.29 is 14.3 Å². The van der Waals surface area contributed by atoms with E-state index in [-0.39, 0.29) is 11.9 Å². The quantitative estimate of drug-likeness (QED) is 0.727. The third kappa shape index (κ3) is 4.62. The molecular formula is C14H20N4O3S. The molecule has 0 saturated carbocycles. The van der Waals surface area contributed by atoms with Crippen LogP contribution in [0.2, 0.25) is 0 Å². The van der Waals surface area contributed by atoms with E-state index >= 15 is 0 Å². The van der Waals surface area contributed by atoms with E-state index in [9.17, 15) is 4.79 Å². The van der Waals surface area contributed by atoms with Crippen LogP contribution in [0.1, 0.15) is 18.7 Å². The molecule has 0 aromatic carbocycles. The minimum absolute atomic E-state index is 0.242. The van der Waals surface area contributed by atoms with Crippen molar-refractivity contribution in [1.29, 1.82) is 0 Å². The van der Waals surface area contributed by atoms with Gasteiger partial charge in [-0.25, -0.2) is 0 Å². The second-order valence-corrected chi connectivity index (χ2v) is 5.91. The van der Waals surface area contributed by atoms with Crippen molar-refractivity contribution in [2.24, 2.45) is 0 Å². The highest BCUT2D eigenvalue weighted by molar-refractivity contribution is 7.15. The van der Waals surface area contributed by atoms with Crippen LogP contribution >= 0.6 is 11.3 Å². The standard InChI is InChI=1S/C14H20N4O3S/c1-4-20-7-8-21-10(3)13(19)16-14-15-12(17-18-14)11-6-5-9(2)22-11/h5-6,10H,4,7-8H2,1-3H3,(H2,15,16,17,18,19)/t10-/m0/s1. The van der Waals surface area contributed by atoms with E-state index < -0.39 is 6.10 Å². The van der Waals surface area contributed by atoms with E-state index in [0.717, 1.165) is 4.88 Å². The Morgan fingerprint density at radius 1 is 1.45 bits per heavy atom. The number of nitrogens with zero attached hydrogens (tertiary/aromatic N) is 2. The molecule has 0 bridgehead atoms. The molecule has 1 atom stereocenters. The lowest BCUT2D eigenvalue weighted by Crippen LogP contribution is -2.29. The fourth-order valence-corrected chi connectivity index (χ4v) is 2.51. The van der Waals surface area contributed by atoms with Gasteiger partial charge in [0.2, 0.25) is 5.95 Å². The van der Waals surface area contributed by atoms with E-state index in [1.165, 1.54) is 4.88 Å². The Bertz CT molecular complexity index is 611. The number of nitrogens with one attached hydrogen (secondary N) is 2. The first kappa shape index (κ1) is 16.6. The maximum Gasteiger partial charge on any atom is 0.255 e. The van der Waals surface area contributed by atoms with Gasteiger partial charge < -0.3 is 9.47 Å². The monoisotopic (exact) mass is 324 g/mol. The van der Waals surface area contributed by atoms with Crippen LogP contribution in [-0.4, -0.2) is 47.0 Å². The molecular weight excluding hydrogens is 304 g/mol. The second kappa shape index (κ2) is 8.02. The topological polar surface area (TPSA) is 89.1 Å². The summed E-state index contributed by atoms with van der Waals surface area (Å²) in [6.07, 6.45) is -0.591. The fraction of sp³-hybridized carbons (Fsp3) is 0.500. The number of thiophene rings is 1. The van der Waals surface area contributed by atoms with Crippen LogP contribution in [0, 0.1) is 6.92 Å². The SMILES string of the molecule is CCOCCO[C@@H](C)C(=O)Nc1n[nH]c(-c2ccc(C)s2)n1. The van der Waals surface area contributed by atoms with Crippen molar-refractivity contribution in [2.45, 2.75) is 26.9 Å². The molecule has 2 rings (SSSR count). The van der Waals surface area contributed by atoms with E-state index in [0.29, 0.717) is 25.6 Å². The van der Waals surface area contributed by atoms with Gasteiger partial charge in [0.05, 0.1) is 18.1 Å². The molecule has 22 heavy (non-hydrogen) atoms. The van der Waals surface area contributed by atoms with Crippen molar-refractivity contribution >= 4 is 23.2 Å². The number of amides is 1. The number of anilines is 1. The third-order valence-corrected chi connectivity index (χ3v) is 3.87. The summed E-state index contributed by atoms with van der Waals surface area (Å²) in [5.41, 5.74) is 0. The van der Waals surface area contributed by atoms with Crippen LogP contribution in [0.5, 0.6) is 0 Å². The highest BCUT2D eigenvalue weighted by Crippen LogP contribution is 2.24. The number of carbonyl (C=O) groups is 1. The van der Waals surface area contributed by atoms with Gasteiger partial charge in [0.1, 0.15) is 6.10 Å². The Labute approximate surface area is 133 Å². The maximum absolute atomic E-state index is 12.0. The smallest absolute Gasteiger partial charge is 0.255 e. The lowest BCUT2D eigenvalue weighted by molar-refractivity contribution is -0.127. The number of hydrogen-bond donors (Lipinski definition) is 2. The summed E-state index contributed by atoms with van der Waals surface area (Å²) < 4.78 is 10.5. The van der Waals surface area contributed by atoms with Gasteiger partial charge in [0.25, 0.3) is 5.91 Å². The van der Waals surface area contributed by atoms with E-state index in [2.05, 4.69) is 20.5 Å². The molecule has 0 radical (unpaired) electrons. The predicted molar refractivity (Wildman–Crippen MR) is 85.0 cm³/mol. The van der Waals surface area contributed by atoms with Crippen molar-refractivity contribution in [3.05, 3.63) is 17.0 Å². The molecule has 8 heteroatoms. The Balaban J connectivity index is 1.85. The molecule has 0 saturated heterocycles. The van der Waals surface area contributed by atoms with Crippen molar-refractivity contribution in [3.8, 4) is 10.7 Å². The first-order chi connectivity index (χ1) is 10.6. The molecule has 2 aromatic rings. The minimum atomic E-state index is -0.591. The average molecular weight is 324 g/mol. The number of aromatic amines is 1. The van der Waals surface area contributed by atoms with Crippen LogP contribution in [0.3, 0.4) is 0 Å². The van der Waals surface area contributed by atoms with Crippen LogP contribution < -0.4 is 5.32 Å². The van der Waals surface area contributed by atoms with Crippen LogP contribution in [0.25, 0.3) is 10.7 Å². The summed E-state index contributed by atoms with van der Waals surface area (Å²) in [5, 5.41) is 9.43. The maximum atomic E-state index is 12.0. The number of aryl methyl sites for hydroxylation is 1. The zero-order chi connectivity index (χ0) is 15.9. The lowest BCUT2D eigenvalue weighted by atomic mass is 10.4. The summed E-state index contributed by atoms with van der Waals surface area (Å²) in [4.78, 5) is 18.4. The van der Waals surface area contributed by atoms with Gasteiger partial charge in [-0.15, -0.1) is 16.4 Å². The minimum Gasteiger partial charge on any atom is -0.379 e. The molecule has 2 heterocycles.